The van der Waals surface area contributed by atoms with E-state index in [2.05, 4.69) is 10.2 Å². The van der Waals surface area contributed by atoms with Gasteiger partial charge in [0.15, 0.2) is 12.2 Å². The summed E-state index contributed by atoms with van der Waals surface area (Å²) >= 11 is 0. The van der Waals surface area contributed by atoms with Crippen LogP contribution in [0.3, 0.4) is 0 Å². The normalized spacial score (nSPS) is 26.4. The van der Waals surface area contributed by atoms with Gasteiger partial charge in [-0.25, -0.2) is 14.5 Å². The molecule has 1 fully saturated rings. The molecule has 0 amide bonds. The second kappa shape index (κ2) is 9.19. The van der Waals surface area contributed by atoms with Crippen molar-refractivity contribution in [2.24, 2.45) is 0 Å². The maximum Gasteiger partial charge on any atom is 0.349 e. The van der Waals surface area contributed by atoms with Gasteiger partial charge in [0.25, 0.3) is 0 Å². The molecule has 3 aromatic rings. The molecule has 2 aromatic carbocycles. The number of anilines is 1. The van der Waals surface area contributed by atoms with Crippen LogP contribution in [0.15, 0.2) is 60.7 Å². The number of aromatic nitrogens is 2. The Morgan fingerprint density at radius 2 is 1.69 bits per heavy atom. The van der Waals surface area contributed by atoms with Gasteiger partial charge in [0.1, 0.15) is 17.7 Å². The van der Waals surface area contributed by atoms with E-state index in [4.69, 9.17) is 19.9 Å². The molecule has 2 aliphatic rings. The molecular formula is C25H24N4O7. The number of ether oxygens (including phenoxy) is 3. The number of nitrogens with zero attached hydrogens (tertiary/aromatic N) is 3. The Morgan fingerprint density at radius 1 is 1.00 bits per heavy atom. The number of aliphatic hydroxyl groups is 2. The van der Waals surface area contributed by atoms with Gasteiger partial charge in [0, 0.05) is 24.1 Å². The SMILES string of the molecule is CN1CCC(Oc2ccccc2)c2ccc(-c3ccc(N)nn3)cc2C12OC(=O)C(O)C(O)C(=O)O2. The molecule has 11 nitrogen and oxygen atoms in total. The molecule has 1 spiro atoms. The van der Waals surface area contributed by atoms with Crippen molar-refractivity contribution in [3.05, 3.63) is 71.8 Å². The minimum Gasteiger partial charge on any atom is -0.486 e. The summed E-state index contributed by atoms with van der Waals surface area (Å²) in [6.07, 6.45) is -4.26. The van der Waals surface area contributed by atoms with Crippen LogP contribution in [-0.2, 0) is 25.0 Å². The number of nitrogens with two attached hydrogens (primary N) is 1. The monoisotopic (exact) mass is 492 g/mol. The summed E-state index contributed by atoms with van der Waals surface area (Å²) in [5.74, 6) is -3.61. The molecule has 3 atom stereocenters. The minimum absolute atomic E-state index is 0.246. The molecular weight excluding hydrogens is 468 g/mol. The zero-order valence-corrected chi connectivity index (χ0v) is 19.3. The number of para-hydroxylation sites is 1. The molecule has 0 bridgehead atoms. The fraction of sp³-hybridized carbons (Fsp3) is 0.280. The molecule has 186 valence electrons. The molecule has 11 heteroatoms. The van der Waals surface area contributed by atoms with Crippen LogP contribution in [0.5, 0.6) is 5.75 Å². The van der Waals surface area contributed by atoms with E-state index >= 15 is 0 Å². The summed E-state index contributed by atoms with van der Waals surface area (Å²) in [7, 11) is 1.61. The topological polar surface area (TPSA) is 157 Å². The Morgan fingerprint density at radius 3 is 2.33 bits per heavy atom. The van der Waals surface area contributed by atoms with Crippen molar-refractivity contribution >= 4 is 17.8 Å². The Bertz CT molecular complexity index is 1260. The van der Waals surface area contributed by atoms with E-state index in [1.807, 2.05) is 30.3 Å². The molecule has 0 radical (unpaired) electrons. The zero-order chi connectivity index (χ0) is 25.4. The molecule has 0 aliphatic carbocycles. The quantitative estimate of drug-likeness (QED) is 0.450. The van der Waals surface area contributed by atoms with Gasteiger partial charge in [0.2, 0.25) is 0 Å². The van der Waals surface area contributed by atoms with E-state index in [0.717, 1.165) is 0 Å². The number of hydrogen-bond acceptors (Lipinski definition) is 11. The van der Waals surface area contributed by atoms with Gasteiger partial charge >= 0.3 is 17.8 Å². The van der Waals surface area contributed by atoms with Crippen LogP contribution in [0.4, 0.5) is 5.82 Å². The fourth-order valence-electron chi connectivity index (χ4n) is 4.31. The predicted octanol–water partition coefficient (Wildman–Crippen LogP) is 1.11. The van der Waals surface area contributed by atoms with Gasteiger partial charge in [-0.1, -0.05) is 30.3 Å². The van der Waals surface area contributed by atoms with Crippen LogP contribution in [-0.4, -0.2) is 63.0 Å². The highest BCUT2D eigenvalue weighted by Gasteiger charge is 2.55. The third-order valence-corrected chi connectivity index (χ3v) is 6.23. The van der Waals surface area contributed by atoms with E-state index in [9.17, 15) is 19.8 Å². The average Bonchev–Trinajstić information content (AvgIpc) is 3.04. The molecule has 4 N–H and O–H groups in total. The third-order valence-electron chi connectivity index (χ3n) is 6.23. The van der Waals surface area contributed by atoms with E-state index < -0.39 is 36.2 Å². The fourth-order valence-corrected chi connectivity index (χ4v) is 4.31. The van der Waals surface area contributed by atoms with Crippen molar-refractivity contribution in [3.8, 4) is 17.0 Å². The number of aliphatic hydroxyl groups excluding tert-OH is 2. The number of esters is 2. The molecule has 5 rings (SSSR count). The van der Waals surface area contributed by atoms with Gasteiger partial charge in [-0.3, -0.25) is 0 Å². The van der Waals surface area contributed by atoms with Crippen LogP contribution in [0, 0.1) is 0 Å². The smallest absolute Gasteiger partial charge is 0.349 e. The molecule has 1 saturated heterocycles. The Kier molecular flexibility index (Phi) is 6.04. The number of nitrogen functional groups attached to an aromatic ring is 1. The van der Waals surface area contributed by atoms with E-state index in [-0.39, 0.29) is 17.9 Å². The van der Waals surface area contributed by atoms with Crippen molar-refractivity contribution < 1.29 is 34.0 Å². The van der Waals surface area contributed by atoms with Crippen molar-refractivity contribution in [1.82, 2.24) is 15.1 Å². The van der Waals surface area contributed by atoms with Gasteiger partial charge in [-0.2, -0.15) is 0 Å². The Balaban J connectivity index is 1.69. The average molecular weight is 492 g/mol. The predicted molar refractivity (Wildman–Crippen MR) is 125 cm³/mol. The first kappa shape index (κ1) is 23.7. The zero-order valence-electron chi connectivity index (χ0n) is 19.3. The van der Waals surface area contributed by atoms with E-state index in [1.165, 1.54) is 4.90 Å². The van der Waals surface area contributed by atoms with Crippen molar-refractivity contribution in [1.29, 1.82) is 0 Å². The Hall–Kier alpha value is -4.06. The molecule has 3 unspecified atom stereocenters. The van der Waals surface area contributed by atoms with Gasteiger partial charge in [-0.05, 0) is 37.4 Å². The summed E-state index contributed by atoms with van der Waals surface area (Å²) in [5, 5.41) is 28.3. The van der Waals surface area contributed by atoms with E-state index in [0.29, 0.717) is 29.0 Å². The standard InChI is InChI=1S/C25H24N4O7/c1-29-12-11-19(34-15-5-3-2-4-6-15)16-8-7-14(18-9-10-20(26)28-27-18)13-17(16)25(29)35-23(32)21(30)22(31)24(33)36-25/h2-10,13,19,21-22,30-31H,11-12H2,1H3,(H2,26,28). The highest BCUT2D eigenvalue weighted by Crippen LogP contribution is 2.44. The number of carbonyl (C=O) groups excluding carboxylic acids is 2. The maximum absolute atomic E-state index is 12.7. The van der Waals surface area contributed by atoms with Crippen LogP contribution < -0.4 is 10.5 Å². The molecule has 2 aliphatic heterocycles. The molecule has 36 heavy (non-hydrogen) atoms. The number of carbonyl (C=O) groups is 2. The number of fused-ring (bicyclic) bond motifs is 2. The van der Waals surface area contributed by atoms with Crippen LogP contribution in [0.1, 0.15) is 23.7 Å². The van der Waals surface area contributed by atoms with Gasteiger partial charge < -0.3 is 30.2 Å². The minimum atomic E-state index is -2.10. The van der Waals surface area contributed by atoms with Crippen LogP contribution >= 0.6 is 0 Å². The lowest BCUT2D eigenvalue weighted by Gasteiger charge is -2.38. The first-order chi connectivity index (χ1) is 17.3. The summed E-state index contributed by atoms with van der Waals surface area (Å²) in [6, 6.07) is 17.7. The third kappa shape index (κ3) is 4.13. The lowest BCUT2D eigenvalue weighted by molar-refractivity contribution is -0.288. The molecule has 1 aromatic heterocycles. The van der Waals surface area contributed by atoms with Crippen molar-refractivity contribution in [3.63, 3.8) is 0 Å². The highest BCUT2D eigenvalue weighted by molar-refractivity contribution is 5.87. The van der Waals surface area contributed by atoms with Crippen LogP contribution in [0.25, 0.3) is 11.3 Å². The summed E-state index contributed by atoms with van der Waals surface area (Å²) in [5.41, 5.74) is 7.59. The largest absolute Gasteiger partial charge is 0.486 e. The lowest BCUT2D eigenvalue weighted by atomic mass is 9.95. The van der Waals surface area contributed by atoms with Crippen LogP contribution in [0.2, 0.25) is 0 Å². The summed E-state index contributed by atoms with van der Waals surface area (Å²) in [6.45, 7) is 0.274. The molecule has 3 heterocycles. The first-order valence-corrected chi connectivity index (χ1v) is 11.3. The summed E-state index contributed by atoms with van der Waals surface area (Å²) in [4.78, 5) is 27.0. The lowest BCUT2D eigenvalue weighted by Crippen LogP contribution is -2.50. The van der Waals surface area contributed by atoms with Crippen molar-refractivity contribution in [2.75, 3.05) is 19.3 Å². The second-order valence-corrected chi connectivity index (χ2v) is 8.59. The second-order valence-electron chi connectivity index (χ2n) is 8.59. The van der Waals surface area contributed by atoms with Crippen molar-refractivity contribution in [2.45, 2.75) is 30.6 Å². The number of rotatable bonds is 3. The molecule has 0 saturated carbocycles. The van der Waals surface area contributed by atoms with Gasteiger partial charge in [0.05, 0.1) is 11.3 Å². The maximum atomic E-state index is 12.7. The highest BCUT2D eigenvalue weighted by atomic mass is 16.8. The van der Waals surface area contributed by atoms with E-state index in [1.54, 1.807) is 37.4 Å². The number of hydrogen-bond donors (Lipinski definition) is 3. The van der Waals surface area contributed by atoms with Gasteiger partial charge in [-0.15, -0.1) is 10.2 Å². The Labute approximate surface area is 206 Å². The summed E-state index contributed by atoms with van der Waals surface area (Å²) < 4.78 is 17.6. The first-order valence-electron chi connectivity index (χ1n) is 11.3. The number of benzene rings is 2.